The van der Waals surface area contributed by atoms with E-state index in [0.29, 0.717) is 39.3 Å². The number of benzene rings is 1. The van der Waals surface area contributed by atoms with Gasteiger partial charge in [-0.15, -0.1) is 0 Å². The number of piperazine rings is 1. The van der Waals surface area contributed by atoms with Gasteiger partial charge in [-0.3, -0.25) is 19.3 Å². The van der Waals surface area contributed by atoms with Crippen molar-refractivity contribution >= 4 is 17.7 Å². The molecule has 186 valence electrons. The van der Waals surface area contributed by atoms with Crippen molar-refractivity contribution in [2.75, 3.05) is 59.5 Å². The molecule has 0 aliphatic carbocycles. The van der Waals surface area contributed by atoms with Crippen LogP contribution in [0.3, 0.4) is 0 Å². The van der Waals surface area contributed by atoms with Crippen LogP contribution < -0.4 is 4.74 Å². The minimum Gasteiger partial charge on any atom is -0.497 e. The summed E-state index contributed by atoms with van der Waals surface area (Å²) in [6.45, 7) is 7.53. The first kappa shape index (κ1) is 24.5. The van der Waals surface area contributed by atoms with Gasteiger partial charge in [0.1, 0.15) is 5.75 Å². The number of hydrogen-bond acceptors (Lipinski definition) is 5. The highest BCUT2D eigenvalue weighted by atomic mass is 16.5. The molecule has 3 amide bonds. The van der Waals surface area contributed by atoms with E-state index in [1.807, 2.05) is 39.0 Å². The van der Waals surface area contributed by atoms with Crippen molar-refractivity contribution in [3.8, 4) is 5.75 Å². The number of amides is 3. The van der Waals surface area contributed by atoms with Crippen LogP contribution >= 0.6 is 0 Å². The lowest BCUT2D eigenvalue weighted by atomic mass is 9.92. The fraction of sp³-hybridized carbons (Fsp3) is 0.654. The summed E-state index contributed by atoms with van der Waals surface area (Å²) in [7, 11) is 1.63. The third-order valence-corrected chi connectivity index (χ3v) is 7.46. The zero-order valence-electron chi connectivity index (χ0n) is 20.6. The molecule has 0 bridgehead atoms. The van der Waals surface area contributed by atoms with Crippen molar-refractivity contribution in [2.24, 2.45) is 5.92 Å². The van der Waals surface area contributed by atoms with Crippen molar-refractivity contribution < 1.29 is 19.1 Å². The zero-order valence-corrected chi connectivity index (χ0v) is 20.6. The fourth-order valence-electron chi connectivity index (χ4n) is 5.44. The van der Waals surface area contributed by atoms with E-state index >= 15 is 0 Å². The summed E-state index contributed by atoms with van der Waals surface area (Å²) in [5.74, 6) is 0.692. The Hall–Kier alpha value is -2.61. The summed E-state index contributed by atoms with van der Waals surface area (Å²) < 4.78 is 5.30. The summed E-state index contributed by atoms with van der Waals surface area (Å²) >= 11 is 0. The first-order chi connectivity index (χ1) is 16.5. The molecule has 4 rings (SSSR count). The Balaban J connectivity index is 1.42. The van der Waals surface area contributed by atoms with E-state index in [2.05, 4.69) is 11.8 Å². The summed E-state index contributed by atoms with van der Waals surface area (Å²) in [6.07, 6.45) is 4.36. The van der Waals surface area contributed by atoms with E-state index in [1.165, 1.54) is 0 Å². The second kappa shape index (κ2) is 11.2. The van der Waals surface area contributed by atoms with Crippen LogP contribution in [0.5, 0.6) is 5.75 Å². The van der Waals surface area contributed by atoms with Gasteiger partial charge in [0.05, 0.1) is 25.6 Å². The molecule has 3 aliphatic rings. The van der Waals surface area contributed by atoms with Gasteiger partial charge in [-0.25, -0.2) is 0 Å². The molecule has 3 fully saturated rings. The second-order valence-electron chi connectivity index (χ2n) is 9.66. The minimum absolute atomic E-state index is 0.0543. The van der Waals surface area contributed by atoms with Crippen LogP contribution in [-0.2, 0) is 14.4 Å². The first-order valence-electron chi connectivity index (χ1n) is 12.7. The summed E-state index contributed by atoms with van der Waals surface area (Å²) in [4.78, 5) is 47.0. The highest BCUT2D eigenvalue weighted by Gasteiger charge is 2.45. The maximum atomic E-state index is 13.6. The van der Waals surface area contributed by atoms with Gasteiger partial charge in [0, 0.05) is 52.2 Å². The molecule has 8 nitrogen and oxygen atoms in total. The number of carbonyl (C=O) groups excluding carboxylic acids is 3. The van der Waals surface area contributed by atoms with Crippen molar-refractivity contribution in [3.05, 3.63) is 29.8 Å². The van der Waals surface area contributed by atoms with E-state index in [0.717, 1.165) is 50.1 Å². The molecule has 8 heteroatoms. The lowest BCUT2D eigenvalue weighted by Gasteiger charge is -2.37. The number of likely N-dealkylation sites (tertiary alicyclic amines) is 2. The summed E-state index contributed by atoms with van der Waals surface area (Å²) in [5, 5.41) is 0. The lowest BCUT2D eigenvalue weighted by molar-refractivity contribution is -0.139. The number of hydrogen-bond donors (Lipinski definition) is 0. The number of nitrogens with zero attached hydrogens (tertiary/aromatic N) is 4. The normalized spacial score (nSPS) is 23.6. The molecule has 3 aliphatic heterocycles. The van der Waals surface area contributed by atoms with Crippen molar-refractivity contribution in [2.45, 2.75) is 45.1 Å². The predicted octanol–water partition coefficient (Wildman–Crippen LogP) is 2.15. The van der Waals surface area contributed by atoms with Crippen molar-refractivity contribution in [1.82, 2.24) is 19.6 Å². The van der Waals surface area contributed by atoms with Crippen LogP contribution in [0.4, 0.5) is 0 Å². The monoisotopic (exact) mass is 470 g/mol. The maximum absolute atomic E-state index is 13.6. The standard InChI is InChI=1S/C26H38N4O4/c1-3-4-13-30-23(31)18-22(25(30)20-7-9-21(34-2)10-8-20)26(33)29-16-14-27(15-17-29)19-24(32)28-11-5-6-12-28/h7-10,22,25H,3-6,11-19H2,1-2H3. The quantitative estimate of drug-likeness (QED) is 0.582. The zero-order chi connectivity index (χ0) is 24.1. The molecule has 2 unspecified atom stereocenters. The molecule has 3 heterocycles. The molecule has 0 saturated carbocycles. The predicted molar refractivity (Wildman–Crippen MR) is 129 cm³/mol. The SMILES string of the molecule is CCCCN1C(=O)CC(C(=O)N2CCN(CC(=O)N3CCCC3)CC2)C1c1ccc(OC)cc1. The van der Waals surface area contributed by atoms with E-state index < -0.39 is 0 Å². The van der Waals surface area contributed by atoms with E-state index in [-0.39, 0.29) is 36.1 Å². The average molecular weight is 471 g/mol. The van der Waals surface area contributed by atoms with Crippen LogP contribution in [0, 0.1) is 5.92 Å². The van der Waals surface area contributed by atoms with E-state index in [9.17, 15) is 14.4 Å². The van der Waals surface area contributed by atoms with Crippen LogP contribution in [-0.4, -0.2) is 96.8 Å². The number of ether oxygens (including phenoxy) is 1. The van der Waals surface area contributed by atoms with Gasteiger partial charge < -0.3 is 19.4 Å². The summed E-state index contributed by atoms with van der Waals surface area (Å²) in [5.41, 5.74) is 0.982. The number of unbranched alkanes of at least 4 members (excludes halogenated alkanes) is 1. The van der Waals surface area contributed by atoms with Gasteiger partial charge in [0.2, 0.25) is 17.7 Å². The van der Waals surface area contributed by atoms with Gasteiger partial charge in [-0.2, -0.15) is 0 Å². The molecule has 1 aromatic carbocycles. The Morgan fingerprint density at radius 1 is 0.971 bits per heavy atom. The molecular weight excluding hydrogens is 432 g/mol. The van der Waals surface area contributed by atoms with E-state index in [4.69, 9.17) is 4.74 Å². The lowest BCUT2D eigenvalue weighted by Crippen LogP contribution is -2.53. The van der Waals surface area contributed by atoms with Gasteiger partial charge in [0.25, 0.3) is 0 Å². The molecule has 0 aromatic heterocycles. The Morgan fingerprint density at radius 2 is 1.65 bits per heavy atom. The minimum atomic E-state index is -0.379. The number of carbonyl (C=O) groups is 3. The molecule has 0 N–H and O–H groups in total. The Labute approximate surface area is 202 Å². The third-order valence-electron chi connectivity index (χ3n) is 7.46. The van der Waals surface area contributed by atoms with Crippen molar-refractivity contribution in [3.63, 3.8) is 0 Å². The van der Waals surface area contributed by atoms with Gasteiger partial charge in [-0.1, -0.05) is 25.5 Å². The van der Waals surface area contributed by atoms with Gasteiger partial charge in [0.15, 0.2) is 0 Å². The Kier molecular flexibility index (Phi) is 8.08. The van der Waals surface area contributed by atoms with Crippen LogP contribution in [0.25, 0.3) is 0 Å². The second-order valence-corrected chi connectivity index (χ2v) is 9.66. The van der Waals surface area contributed by atoms with Crippen molar-refractivity contribution in [1.29, 1.82) is 0 Å². The van der Waals surface area contributed by atoms with Crippen LogP contribution in [0.1, 0.15) is 50.6 Å². The Bertz CT molecular complexity index is 860. The number of methoxy groups -OCH3 is 1. The fourth-order valence-corrected chi connectivity index (χ4v) is 5.44. The molecule has 0 spiro atoms. The average Bonchev–Trinajstić information content (AvgIpc) is 3.51. The third kappa shape index (κ3) is 5.37. The first-order valence-corrected chi connectivity index (χ1v) is 12.7. The van der Waals surface area contributed by atoms with Crippen LogP contribution in [0.15, 0.2) is 24.3 Å². The largest absolute Gasteiger partial charge is 0.497 e. The van der Waals surface area contributed by atoms with Crippen LogP contribution in [0.2, 0.25) is 0 Å². The topological polar surface area (TPSA) is 73.4 Å². The molecule has 2 atom stereocenters. The van der Waals surface area contributed by atoms with E-state index in [1.54, 1.807) is 7.11 Å². The number of rotatable bonds is 8. The highest BCUT2D eigenvalue weighted by Crippen LogP contribution is 2.40. The molecule has 3 saturated heterocycles. The maximum Gasteiger partial charge on any atom is 0.236 e. The smallest absolute Gasteiger partial charge is 0.236 e. The molecule has 0 radical (unpaired) electrons. The van der Waals surface area contributed by atoms with Gasteiger partial charge in [-0.05, 0) is 37.0 Å². The summed E-state index contributed by atoms with van der Waals surface area (Å²) in [6, 6.07) is 7.50. The highest BCUT2D eigenvalue weighted by molar-refractivity contribution is 5.90. The molecular formula is C26H38N4O4. The molecule has 34 heavy (non-hydrogen) atoms. The Morgan fingerprint density at radius 3 is 2.26 bits per heavy atom. The van der Waals surface area contributed by atoms with Gasteiger partial charge >= 0.3 is 0 Å². The molecule has 1 aromatic rings.